The highest BCUT2D eigenvalue weighted by Crippen LogP contribution is 2.52. The Bertz CT molecular complexity index is 5210. The molecule has 148 heavy (non-hydrogen) atoms. The summed E-state index contributed by atoms with van der Waals surface area (Å²) in [7, 11) is -0.891. The third-order valence-corrected chi connectivity index (χ3v) is 31.4. The number of benzene rings is 4. The van der Waals surface area contributed by atoms with E-state index in [1.807, 2.05) is 108 Å². The Morgan fingerprint density at radius 3 is 1.21 bits per heavy atom. The molecule has 16 rings (SSSR count). The van der Waals surface area contributed by atoms with Crippen LogP contribution in [0.1, 0.15) is 165 Å². The van der Waals surface area contributed by atoms with Crippen molar-refractivity contribution in [1.82, 2.24) is 34.7 Å². The van der Waals surface area contributed by atoms with Crippen LogP contribution < -0.4 is 5.32 Å². The lowest BCUT2D eigenvalue weighted by molar-refractivity contribution is -0.152. The van der Waals surface area contributed by atoms with E-state index in [0.29, 0.717) is 111 Å². The van der Waals surface area contributed by atoms with Crippen molar-refractivity contribution in [3.05, 3.63) is 161 Å². The Kier molecular flexibility index (Phi) is 45.0. The van der Waals surface area contributed by atoms with Crippen LogP contribution in [0.2, 0.25) is 39.3 Å². The number of nitrogens with one attached hydrogen (secondary N) is 1. The van der Waals surface area contributed by atoms with Crippen molar-refractivity contribution in [1.29, 1.82) is 5.26 Å². The van der Waals surface area contributed by atoms with Gasteiger partial charge in [0.2, 0.25) is 5.78 Å². The number of likely N-dealkylation sites (tertiary alicyclic amines) is 5. The van der Waals surface area contributed by atoms with E-state index in [1.54, 1.807) is 21.6 Å². The first-order valence-corrected chi connectivity index (χ1v) is 59.5. The molecule has 0 aromatic heterocycles. The summed E-state index contributed by atoms with van der Waals surface area (Å²) in [6.45, 7) is 62.2. The minimum atomic E-state index is -3.70. The summed E-state index contributed by atoms with van der Waals surface area (Å²) in [5, 5.41) is 32.1. The molecule has 3 amide bonds. The molecule has 12 saturated heterocycles. The van der Waals surface area contributed by atoms with Crippen molar-refractivity contribution < 1.29 is 124 Å². The Morgan fingerprint density at radius 1 is 0.534 bits per heavy atom. The predicted octanol–water partition coefficient (Wildman–Crippen LogP) is 14.9. The van der Waals surface area contributed by atoms with Gasteiger partial charge in [-0.2, -0.15) is 10.1 Å². The van der Waals surface area contributed by atoms with Gasteiger partial charge in [-0.15, -0.1) is 6.42 Å². The number of Topliss-reactive ketones (excluding diaryl/α,β-unsaturated/α-hetero) is 2. The molecule has 0 aliphatic carbocycles. The Morgan fingerprint density at radius 2 is 0.905 bits per heavy atom. The number of aliphatic hydroxyl groups excluding tert-OH is 2. The van der Waals surface area contributed by atoms with E-state index in [2.05, 4.69) is 211 Å². The number of esters is 2. The molecular weight excluding hydrogens is 1950 g/mol. The van der Waals surface area contributed by atoms with Crippen LogP contribution in [0.25, 0.3) is 5.53 Å². The smallest absolute Gasteiger partial charge is 0.446 e. The fourth-order valence-corrected chi connectivity index (χ4v) is 22.9. The van der Waals surface area contributed by atoms with Gasteiger partial charge in [0.05, 0.1) is 155 Å². The number of aldehydes is 1. The fourth-order valence-electron chi connectivity index (χ4n) is 19.4. The third kappa shape index (κ3) is 35.7. The molecule has 3 N–H and O–H groups in total. The number of hydrogen-bond donors (Lipinski definition) is 3. The molecule has 35 nitrogen and oxygen atoms in total. The van der Waals surface area contributed by atoms with Gasteiger partial charge < -0.3 is 91.7 Å². The van der Waals surface area contributed by atoms with Crippen LogP contribution in [0.5, 0.6) is 0 Å². The number of nitriles is 1. The van der Waals surface area contributed by atoms with Gasteiger partial charge in [0.1, 0.15) is 36.3 Å². The number of aliphatic hydroxyl groups is 2. The SMILES string of the molecule is C#CC1(C)CN(C(=O)OC(C)(C)C)C2(COC2)C1.C=C(C)C(=O)OC.CC1(C=O)CN(C(=O)OC(C)(C)C)C2(COC2)C1.CC1(CO)CN(C(=O)OC(C)(C)C)C2(COC2)C1.CC1(CO)CN(Cc2ccccc2)C2(COC2)C1.COC(=O)C1(C)CN(Cc2ccccc2)C2(COC2)C1.COP(=O)(OC)C(=[N+]=[N-])C(C)=O.C[Si](C)(C)CN(Cc1ccccc1)C1(C#N)COC1.C[Si](C)(C)CNCc1ccccc1.O=C1COC1. The molecule has 0 bridgehead atoms. The van der Waals surface area contributed by atoms with E-state index in [4.69, 9.17) is 59.3 Å². The van der Waals surface area contributed by atoms with E-state index in [9.17, 15) is 58.4 Å². The molecule has 822 valence electrons. The summed E-state index contributed by atoms with van der Waals surface area (Å²) < 4.78 is 82.3. The molecule has 38 heteroatoms. The highest BCUT2D eigenvalue weighted by molar-refractivity contribution is 7.74. The normalized spacial score (nSPS) is 23.8. The molecule has 0 saturated carbocycles. The van der Waals surface area contributed by atoms with Gasteiger partial charge >= 0.3 is 43.3 Å². The van der Waals surface area contributed by atoms with Crippen LogP contribution in [0.3, 0.4) is 0 Å². The lowest BCUT2D eigenvalue weighted by atomic mass is 9.81. The second-order valence-electron chi connectivity index (χ2n) is 48.2. The maximum Gasteiger partial charge on any atom is 0.446 e. The molecule has 5 spiro atoms. The van der Waals surface area contributed by atoms with E-state index >= 15 is 0 Å². The van der Waals surface area contributed by atoms with E-state index in [0.717, 1.165) is 112 Å². The number of terminal acetylenes is 1. The highest BCUT2D eigenvalue weighted by atomic mass is 31.2. The highest BCUT2D eigenvalue weighted by Gasteiger charge is 2.63. The monoisotopic (exact) mass is 2120 g/mol. The van der Waals surface area contributed by atoms with E-state index in [1.165, 1.54) is 42.6 Å². The Hall–Kier alpha value is -9.13. The van der Waals surface area contributed by atoms with Crippen LogP contribution in [0.4, 0.5) is 14.4 Å². The molecule has 12 aliphatic heterocycles. The first kappa shape index (κ1) is 126. The molecule has 12 heterocycles. The number of rotatable bonds is 22. The molecule has 0 radical (unpaired) electrons. The van der Waals surface area contributed by atoms with Gasteiger partial charge in [0.15, 0.2) is 11.3 Å². The second kappa shape index (κ2) is 52.9. The molecular formula is C110H169N10O25PSi2. The van der Waals surface area contributed by atoms with Crippen molar-refractivity contribution in [2.75, 3.05) is 179 Å². The lowest BCUT2D eigenvalue weighted by Gasteiger charge is -2.46. The van der Waals surface area contributed by atoms with Gasteiger partial charge in [-0.05, 0) is 150 Å². The average Bonchev–Trinajstić information content (AvgIpc) is 1.62. The summed E-state index contributed by atoms with van der Waals surface area (Å²) in [4.78, 5) is 106. The van der Waals surface area contributed by atoms with Crippen LogP contribution in [0.15, 0.2) is 133 Å². The number of hydrogen-bond acceptors (Lipinski definition) is 30. The molecule has 5 atom stereocenters. The predicted molar refractivity (Wildman–Crippen MR) is 569 cm³/mol. The number of ether oxygens (including phenoxy) is 12. The second-order valence-corrected chi connectivity index (χ2v) is 61.2. The lowest BCUT2D eigenvalue weighted by Crippen LogP contribution is -2.63. The van der Waals surface area contributed by atoms with Gasteiger partial charge in [0, 0.05) is 114 Å². The average molecular weight is 2120 g/mol. The topological polar surface area (TPSA) is 415 Å². The number of carbonyl (C=O) groups excluding carboxylic acids is 8. The summed E-state index contributed by atoms with van der Waals surface area (Å²) >= 11 is 0. The van der Waals surface area contributed by atoms with Crippen LogP contribution in [-0.4, -0.2) is 343 Å². The van der Waals surface area contributed by atoms with Crippen LogP contribution in [0, 0.1) is 50.7 Å². The first-order chi connectivity index (χ1) is 68.9. The summed E-state index contributed by atoms with van der Waals surface area (Å²) in [6, 6.07) is 44.4. The molecule has 4 aromatic rings. The van der Waals surface area contributed by atoms with Gasteiger partial charge in [-0.1, -0.05) is 194 Å². The maximum atomic E-state index is 12.3. The molecule has 4 aromatic carbocycles. The Labute approximate surface area is 880 Å². The number of methoxy groups -OCH3 is 2. The standard InChI is InChI=1S/C16H21NO3.C15H22N2OSi.C15H21NO2.C14H21NO3.C13H23NO4.C13H21NO4.C11H19NSi.C5H9N2O4P.C5H8O2.C3H4O2/c1-15(14(18)19-2)9-16(11-20-12-16)17(10-15)8-13-6-4-3-5-7-13;1-19(2,3)13-17(15(10-16)11-18-12-15)9-14-7-5-4-6-8-14;1-14(10-17)8-15(11-18-12-15)16(9-14)7-13-5-3-2-4-6-13;1-6-13(5)7-14(9-17-10-14)15(8-13)11(16)18-12(2,3)4;2*1-11(2,3)18-10(16)14-6-12(4,7-15)5-13(14)8-17-9-13;1-13(2,3)10-12-9-11-7-5-4-6-8-11;1-4(8)5(7-6)12(9,10-2)11-3;1-4(2)5(6)7-3;4-3-1-5-2-3/h3-7H,8-12H2,1-2H3;4-8H,9,11-13H2,1-3H3;2-6,17H,7-12H2,1H3;1H,7-10H2,2-5H3;15H,5-9H2,1-4H3;7H,5-6,8-9H2,1-4H3;4-8,12H,9-10H2,1-3H3;1-3H3;1H2,2-3H3;1-2H2. The largest absolute Gasteiger partial charge is 0.469 e. The fraction of sp³-hybridized carbons (Fsp3) is 0.655. The van der Waals surface area contributed by atoms with Crippen molar-refractivity contribution >= 4 is 77.3 Å². The molecule has 12 fully saturated rings. The third-order valence-electron chi connectivity index (χ3n) is 26.9. The quantitative estimate of drug-likeness (QED) is 0.00628. The number of amides is 3. The van der Waals surface area contributed by atoms with Crippen LogP contribution >= 0.6 is 7.60 Å². The number of nitrogens with zero attached hydrogens (tertiary/aromatic N) is 9. The first-order valence-electron chi connectivity index (χ1n) is 50.5. The van der Waals surface area contributed by atoms with Gasteiger partial charge in [0.25, 0.3) is 0 Å². The molecule has 12 aliphatic rings. The summed E-state index contributed by atoms with van der Waals surface area (Å²) in [6.07, 6.45) is 11.9. The van der Waals surface area contributed by atoms with Crippen LogP contribution in [-0.2, 0) is 121 Å². The zero-order valence-corrected chi connectivity index (χ0v) is 95.7. The summed E-state index contributed by atoms with van der Waals surface area (Å²) in [5.41, 5.74) is 9.42. The maximum absolute atomic E-state index is 12.3. The summed E-state index contributed by atoms with van der Waals surface area (Å²) in [5.74, 6) is 1.90. The minimum Gasteiger partial charge on any atom is -0.469 e. The van der Waals surface area contributed by atoms with Gasteiger partial charge in [-0.25, -0.2) is 23.7 Å². The number of ketones is 2. The minimum absolute atomic E-state index is 0.0127. The zero-order valence-electron chi connectivity index (χ0n) is 92.8. The van der Waals surface area contributed by atoms with Gasteiger partial charge in [-0.3, -0.25) is 43.8 Å². The van der Waals surface area contributed by atoms with E-state index < -0.39 is 68.2 Å². The Balaban J connectivity index is 0.000000226. The number of carbonyl (C=O) groups is 8. The van der Waals surface area contributed by atoms with Crippen molar-refractivity contribution in [3.8, 4) is 18.4 Å². The molecule has 5 unspecified atom stereocenters. The van der Waals surface area contributed by atoms with Crippen molar-refractivity contribution in [2.45, 2.75) is 258 Å². The van der Waals surface area contributed by atoms with E-state index in [-0.39, 0.29) is 93.2 Å². The van der Waals surface area contributed by atoms with Crippen molar-refractivity contribution in [3.63, 3.8) is 0 Å². The zero-order chi connectivity index (χ0) is 111. The van der Waals surface area contributed by atoms with Crippen molar-refractivity contribution in [2.24, 2.45) is 27.1 Å².